The fraction of sp³-hybridized carbons (Fsp3) is 0.308. The predicted octanol–water partition coefficient (Wildman–Crippen LogP) is 3.61. The third-order valence-corrected chi connectivity index (χ3v) is 3.41. The molecule has 1 heterocycles. The summed E-state index contributed by atoms with van der Waals surface area (Å²) < 4.78 is 1.58. The van der Waals surface area contributed by atoms with Crippen LogP contribution in [0.2, 0.25) is 10.0 Å². The van der Waals surface area contributed by atoms with E-state index < -0.39 is 5.97 Å². The average molecular weight is 314 g/mol. The maximum atomic E-state index is 11.3. The number of nitrogens with zero attached hydrogens (tertiary/aromatic N) is 3. The van der Waals surface area contributed by atoms with E-state index in [0.29, 0.717) is 33.8 Å². The van der Waals surface area contributed by atoms with Crippen LogP contribution < -0.4 is 0 Å². The predicted molar refractivity (Wildman–Crippen MR) is 77.3 cm³/mol. The van der Waals surface area contributed by atoms with Gasteiger partial charge in [-0.1, -0.05) is 48.3 Å². The van der Waals surface area contributed by atoms with Crippen LogP contribution in [0.3, 0.4) is 0 Å². The summed E-state index contributed by atoms with van der Waals surface area (Å²) in [5, 5.41) is 17.6. The summed E-state index contributed by atoms with van der Waals surface area (Å²) in [6.45, 7) is 4.59. The highest BCUT2D eigenvalue weighted by Gasteiger charge is 2.21. The highest BCUT2D eigenvalue weighted by molar-refractivity contribution is 6.42. The molecule has 7 heteroatoms. The lowest BCUT2D eigenvalue weighted by molar-refractivity contribution is 0.0691. The molecule has 1 aromatic heterocycles. The van der Waals surface area contributed by atoms with Crippen molar-refractivity contribution in [1.82, 2.24) is 15.0 Å². The molecule has 0 unspecified atom stereocenters. The zero-order valence-corrected chi connectivity index (χ0v) is 12.5. The fourth-order valence-electron chi connectivity index (χ4n) is 1.86. The van der Waals surface area contributed by atoms with Crippen molar-refractivity contribution >= 4 is 29.2 Å². The molecule has 2 aromatic rings. The molecule has 2 rings (SSSR count). The zero-order chi connectivity index (χ0) is 14.9. The molecule has 0 fully saturated rings. The Morgan fingerprint density at radius 3 is 2.60 bits per heavy atom. The van der Waals surface area contributed by atoms with Crippen molar-refractivity contribution in [2.45, 2.75) is 20.4 Å². The van der Waals surface area contributed by atoms with E-state index in [9.17, 15) is 9.90 Å². The van der Waals surface area contributed by atoms with Gasteiger partial charge in [0.15, 0.2) is 5.69 Å². The van der Waals surface area contributed by atoms with Crippen molar-refractivity contribution in [3.8, 4) is 11.3 Å². The maximum absolute atomic E-state index is 11.3. The lowest BCUT2D eigenvalue weighted by atomic mass is 10.1. The molecule has 20 heavy (non-hydrogen) atoms. The second-order valence-corrected chi connectivity index (χ2v) is 5.61. The molecule has 0 spiro atoms. The quantitative estimate of drug-likeness (QED) is 0.936. The second kappa shape index (κ2) is 5.81. The Kier molecular flexibility index (Phi) is 4.30. The van der Waals surface area contributed by atoms with Gasteiger partial charge in [-0.2, -0.15) is 0 Å². The Labute approximate surface area is 126 Å². The number of carbonyl (C=O) groups is 1. The van der Waals surface area contributed by atoms with Crippen molar-refractivity contribution in [1.29, 1.82) is 0 Å². The van der Waals surface area contributed by atoms with Gasteiger partial charge in [0.2, 0.25) is 0 Å². The minimum absolute atomic E-state index is 0.0935. The summed E-state index contributed by atoms with van der Waals surface area (Å²) in [5.74, 6) is -0.819. The molecule has 5 nitrogen and oxygen atoms in total. The van der Waals surface area contributed by atoms with Crippen molar-refractivity contribution in [3.05, 3.63) is 33.9 Å². The van der Waals surface area contributed by atoms with Crippen LogP contribution in [0.1, 0.15) is 24.3 Å². The highest BCUT2D eigenvalue weighted by Crippen LogP contribution is 2.30. The van der Waals surface area contributed by atoms with Crippen LogP contribution in [0.5, 0.6) is 0 Å². The number of rotatable bonds is 4. The molecule has 0 saturated carbocycles. The minimum atomic E-state index is -1.12. The van der Waals surface area contributed by atoms with Crippen LogP contribution in [0, 0.1) is 5.92 Å². The molecule has 0 saturated heterocycles. The molecule has 0 atom stereocenters. The van der Waals surface area contributed by atoms with Crippen LogP contribution in [0.4, 0.5) is 0 Å². The molecule has 0 aliphatic heterocycles. The lowest BCUT2D eigenvalue weighted by Crippen LogP contribution is -2.09. The van der Waals surface area contributed by atoms with Gasteiger partial charge in [-0.15, -0.1) is 5.10 Å². The maximum Gasteiger partial charge on any atom is 0.358 e. The Hall–Kier alpha value is -1.59. The van der Waals surface area contributed by atoms with Crippen LogP contribution in [-0.4, -0.2) is 26.1 Å². The molecule has 0 aliphatic rings. The summed E-state index contributed by atoms with van der Waals surface area (Å²) >= 11 is 11.9. The van der Waals surface area contributed by atoms with Gasteiger partial charge in [-0.3, -0.25) is 0 Å². The Bertz CT molecular complexity index is 653. The third-order valence-electron chi connectivity index (χ3n) is 2.67. The van der Waals surface area contributed by atoms with Crippen molar-refractivity contribution in [2.75, 3.05) is 0 Å². The molecule has 106 valence electrons. The summed E-state index contributed by atoms with van der Waals surface area (Å²) in [4.78, 5) is 11.3. The SMILES string of the molecule is CC(C)Cn1nnc(C(=O)O)c1-c1ccc(Cl)c(Cl)c1. The molecule has 0 radical (unpaired) electrons. The number of hydrogen-bond donors (Lipinski definition) is 1. The van der Waals surface area contributed by atoms with Gasteiger partial charge in [0.25, 0.3) is 0 Å². The standard InChI is InChI=1S/C13H13Cl2N3O2/c1-7(2)6-18-12(11(13(19)20)16-17-18)8-3-4-9(14)10(15)5-8/h3-5,7H,6H2,1-2H3,(H,19,20). The lowest BCUT2D eigenvalue weighted by Gasteiger charge is -2.10. The van der Waals surface area contributed by atoms with E-state index in [1.165, 1.54) is 0 Å². The molecular formula is C13H13Cl2N3O2. The monoisotopic (exact) mass is 313 g/mol. The molecule has 0 bridgehead atoms. The largest absolute Gasteiger partial charge is 0.476 e. The van der Waals surface area contributed by atoms with Gasteiger partial charge < -0.3 is 5.11 Å². The van der Waals surface area contributed by atoms with Crippen molar-refractivity contribution in [2.24, 2.45) is 5.92 Å². The third kappa shape index (κ3) is 2.94. The van der Waals surface area contributed by atoms with Crippen molar-refractivity contribution in [3.63, 3.8) is 0 Å². The number of halogens is 2. The van der Waals surface area contributed by atoms with Crippen LogP contribution in [0.15, 0.2) is 18.2 Å². The number of aromatic nitrogens is 3. The normalized spacial score (nSPS) is 11.1. The first kappa shape index (κ1) is 14.8. The van der Waals surface area contributed by atoms with Crippen LogP contribution >= 0.6 is 23.2 Å². The summed E-state index contributed by atoms with van der Waals surface area (Å²) in [5.41, 5.74) is 0.969. The first-order valence-corrected chi connectivity index (χ1v) is 6.78. The molecule has 0 aliphatic carbocycles. The Morgan fingerprint density at radius 1 is 1.35 bits per heavy atom. The van der Waals surface area contributed by atoms with E-state index in [4.69, 9.17) is 23.2 Å². The van der Waals surface area contributed by atoms with E-state index in [1.54, 1.807) is 22.9 Å². The van der Waals surface area contributed by atoms with E-state index in [-0.39, 0.29) is 5.69 Å². The topological polar surface area (TPSA) is 68.0 Å². The van der Waals surface area contributed by atoms with E-state index >= 15 is 0 Å². The average Bonchev–Trinajstić information content (AvgIpc) is 2.75. The fourth-order valence-corrected chi connectivity index (χ4v) is 2.16. The highest BCUT2D eigenvalue weighted by atomic mass is 35.5. The number of carboxylic acid groups (broad SMARTS) is 1. The van der Waals surface area contributed by atoms with E-state index in [1.807, 2.05) is 13.8 Å². The molecular weight excluding hydrogens is 301 g/mol. The minimum Gasteiger partial charge on any atom is -0.476 e. The number of carboxylic acids is 1. The Balaban J connectivity index is 2.59. The van der Waals surface area contributed by atoms with Crippen molar-refractivity contribution < 1.29 is 9.90 Å². The van der Waals surface area contributed by atoms with Gasteiger partial charge >= 0.3 is 5.97 Å². The summed E-state index contributed by atoms with van der Waals surface area (Å²) in [6.07, 6.45) is 0. The Morgan fingerprint density at radius 2 is 2.05 bits per heavy atom. The van der Waals surface area contributed by atoms with Gasteiger partial charge in [0.05, 0.1) is 10.0 Å². The molecule has 0 amide bonds. The second-order valence-electron chi connectivity index (χ2n) is 4.80. The van der Waals surface area contributed by atoms with Crippen LogP contribution in [0.25, 0.3) is 11.3 Å². The van der Waals surface area contributed by atoms with E-state index in [2.05, 4.69) is 10.3 Å². The van der Waals surface area contributed by atoms with E-state index in [0.717, 1.165) is 0 Å². The zero-order valence-electron chi connectivity index (χ0n) is 11.0. The first-order chi connectivity index (χ1) is 9.40. The summed E-state index contributed by atoms with van der Waals surface area (Å²) in [6, 6.07) is 4.94. The number of aromatic carboxylic acids is 1. The number of benzene rings is 1. The van der Waals surface area contributed by atoms with Gasteiger partial charge in [0.1, 0.15) is 5.69 Å². The van der Waals surface area contributed by atoms with Crippen LogP contribution in [-0.2, 0) is 6.54 Å². The van der Waals surface area contributed by atoms with Gasteiger partial charge in [-0.25, -0.2) is 9.48 Å². The molecule has 1 N–H and O–H groups in total. The number of hydrogen-bond acceptors (Lipinski definition) is 3. The first-order valence-electron chi connectivity index (χ1n) is 6.02. The molecule has 1 aromatic carbocycles. The van der Waals surface area contributed by atoms with Gasteiger partial charge in [-0.05, 0) is 18.1 Å². The summed E-state index contributed by atoms with van der Waals surface area (Å²) in [7, 11) is 0. The smallest absolute Gasteiger partial charge is 0.358 e. The van der Waals surface area contributed by atoms with Gasteiger partial charge in [0, 0.05) is 12.1 Å².